The van der Waals surface area contributed by atoms with Crippen LogP contribution in [0.2, 0.25) is 0 Å². The van der Waals surface area contributed by atoms with Crippen molar-refractivity contribution >= 4 is 0 Å². The molecule has 0 aliphatic rings. The Balaban J connectivity index is 2.32. The van der Waals surface area contributed by atoms with E-state index in [1.165, 1.54) is 0 Å². The van der Waals surface area contributed by atoms with Crippen LogP contribution in [0.5, 0.6) is 17.2 Å². The van der Waals surface area contributed by atoms with E-state index >= 15 is 0 Å². The second kappa shape index (κ2) is 7.23. The summed E-state index contributed by atoms with van der Waals surface area (Å²) in [4.78, 5) is 0. The van der Waals surface area contributed by atoms with E-state index in [0.717, 1.165) is 50.1 Å². The first kappa shape index (κ1) is 19.8. The van der Waals surface area contributed by atoms with Gasteiger partial charge in [-0.05, 0) is 91.6 Å². The zero-order chi connectivity index (χ0) is 20.7. The van der Waals surface area contributed by atoms with Gasteiger partial charge in [-0.25, -0.2) is 0 Å². The zero-order valence-corrected chi connectivity index (χ0v) is 17.4. The fraction of sp³-hybridized carbons (Fsp3) is 0.280. The van der Waals surface area contributed by atoms with Gasteiger partial charge in [0.15, 0.2) is 0 Å². The van der Waals surface area contributed by atoms with E-state index in [1.54, 1.807) is 0 Å². The summed E-state index contributed by atoms with van der Waals surface area (Å²) in [5.41, 5.74) is 8.21. The van der Waals surface area contributed by atoms with Gasteiger partial charge in [0.1, 0.15) is 17.2 Å². The first-order valence-electron chi connectivity index (χ1n) is 9.50. The van der Waals surface area contributed by atoms with E-state index in [0.29, 0.717) is 17.2 Å². The number of phenols is 3. The number of hydrogen-bond donors (Lipinski definition) is 3. The second-order valence-electron chi connectivity index (χ2n) is 7.94. The summed E-state index contributed by atoms with van der Waals surface area (Å²) in [6, 6.07) is 12.1. The molecule has 0 saturated carbocycles. The van der Waals surface area contributed by atoms with Crippen molar-refractivity contribution in [3.8, 4) is 17.2 Å². The van der Waals surface area contributed by atoms with Crippen LogP contribution in [0.3, 0.4) is 0 Å². The highest BCUT2D eigenvalue weighted by atomic mass is 16.3. The Morgan fingerprint density at radius 2 is 0.607 bits per heavy atom. The van der Waals surface area contributed by atoms with Gasteiger partial charge in [0.2, 0.25) is 0 Å². The van der Waals surface area contributed by atoms with Crippen molar-refractivity contribution in [1.29, 1.82) is 0 Å². The predicted molar refractivity (Wildman–Crippen MR) is 114 cm³/mol. The highest BCUT2D eigenvalue weighted by molar-refractivity contribution is 5.55. The lowest BCUT2D eigenvalue weighted by atomic mass is 9.81. The number of rotatable bonds is 3. The van der Waals surface area contributed by atoms with Crippen LogP contribution >= 0.6 is 0 Å². The van der Waals surface area contributed by atoms with E-state index in [-0.39, 0.29) is 5.92 Å². The lowest BCUT2D eigenvalue weighted by Gasteiger charge is -2.23. The Morgan fingerprint density at radius 1 is 0.429 bits per heavy atom. The minimum Gasteiger partial charge on any atom is -0.507 e. The molecular weight excluding hydrogens is 348 g/mol. The molecule has 0 aliphatic heterocycles. The molecule has 3 aromatic carbocycles. The second-order valence-corrected chi connectivity index (χ2v) is 7.94. The molecule has 0 aromatic heterocycles. The average molecular weight is 376 g/mol. The van der Waals surface area contributed by atoms with Crippen molar-refractivity contribution in [3.63, 3.8) is 0 Å². The van der Waals surface area contributed by atoms with Crippen molar-refractivity contribution < 1.29 is 15.3 Å². The highest BCUT2D eigenvalue weighted by Crippen LogP contribution is 2.39. The maximum absolute atomic E-state index is 10.2. The normalized spacial score (nSPS) is 11.2. The summed E-state index contributed by atoms with van der Waals surface area (Å²) in [6.45, 7) is 11.4. The molecule has 0 amide bonds. The zero-order valence-electron chi connectivity index (χ0n) is 17.4. The van der Waals surface area contributed by atoms with Crippen molar-refractivity contribution in [3.05, 3.63) is 86.5 Å². The molecule has 0 atom stereocenters. The maximum Gasteiger partial charge on any atom is 0.121 e. The van der Waals surface area contributed by atoms with Gasteiger partial charge in [0.05, 0.1) is 0 Å². The van der Waals surface area contributed by atoms with Gasteiger partial charge >= 0.3 is 0 Å². The van der Waals surface area contributed by atoms with E-state index in [9.17, 15) is 15.3 Å². The molecule has 0 fully saturated rings. The van der Waals surface area contributed by atoms with Crippen molar-refractivity contribution in [1.82, 2.24) is 0 Å². The molecule has 0 aliphatic carbocycles. The summed E-state index contributed by atoms with van der Waals surface area (Å²) >= 11 is 0. The highest BCUT2D eigenvalue weighted by Gasteiger charge is 2.22. The van der Waals surface area contributed by atoms with Gasteiger partial charge < -0.3 is 15.3 Å². The SMILES string of the molecule is Cc1cc(C(c2cc(C)c(O)c(C)c2)c2cc(C)c(O)c(C)c2)cc(C)c1O. The van der Waals surface area contributed by atoms with Crippen LogP contribution in [-0.4, -0.2) is 15.3 Å². The minimum absolute atomic E-state index is 0.0750. The van der Waals surface area contributed by atoms with Crippen LogP contribution in [0.25, 0.3) is 0 Å². The molecule has 3 N–H and O–H groups in total. The number of benzene rings is 3. The third kappa shape index (κ3) is 3.45. The molecule has 3 nitrogen and oxygen atoms in total. The van der Waals surface area contributed by atoms with Gasteiger partial charge in [0, 0.05) is 5.92 Å². The molecule has 146 valence electrons. The first-order chi connectivity index (χ1) is 13.1. The van der Waals surface area contributed by atoms with Crippen LogP contribution in [0, 0.1) is 41.5 Å². The van der Waals surface area contributed by atoms with Crippen molar-refractivity contribution in [2.45, 2.75) is 47.5 Å². The summed E-state index contributed by atoms with van der Waals surface area (Å²) in [5, 5.41) is 30.7. The van der Waals surface area contributed by atoms with Gasteiger partial charge in [-0.2, -0.15) is 0 Å². The van der Waals surface area contributed by atoms with Gasteiger partial charge in [-0.1, -0.05) is 36.4 Å². The van der Waals surface area contributed by atoms with E-state index in [4.69, 9.17) is 0 Å². The monoisotopic (exact) mass is 376 g/mol. The summed E-state index contributed by atoms with van der Waals surface area (Å²) in [6.07, 6.45) is 0. The minimum atomic E-state index is -0.0750. The number of hydrogen-bond acceptors (Lipinski definition) is 3. The van der Waals surface area contributed by atoms with Gasteiger partial charge in [-0.3, -0.25) is 0 Å². The van der Waals surface area contributed by atoms with Crippen LogP contribution in [-0.2, 0) is 0 Å². The van der Waals surface area contributed by atoms with Crippen LogP contribution < -0.4 is 0 Å². The smallest absolute Gasteiger partial charge is 0.121 e. The molecule has 0 saturated heterocycles. The Hall–Kier alpha value is -2.94. The topological polar surface area (TPSA) is 60.7 Å². The lowest BCUT2D eigenvalue weighted by Crippen LogP contribution is -2.06. The third-order valence-corrected chi connectivity index (χ3v) is 5.54. The van der Waals surface area contributed by atoms with Crippen LogP contribution in [0.1, 0.15) is 56.0 Å². The fourth-order valence-corrected chi connectivity index (χ4v) is 4.05. The Labute approximate surface area is 166 Å². The number of phenolic OH excluding ortho intramolecular Hbond substituents is 3. The van der Waals surface area contributed by atoms with E-state index < -0.39 is 0 Å². The Bertz CT molecular complexity index is 858. The number of aryl methyl sites for hydroxylation is 6. The van der Waals surface area contributed by atoms with E-state index in [2.05, 4.69) is 0 Å². The fourth-order valence-electron chi connectivity index (χ4n) is 4.05. The largest absolute Gasteiger partial charge is 0.507 e. The Kier molecular flexibility index (Phi) is 5.12. The molecule has 3 aromatic rings. The molecule has 0 spiro atoms. The van der Waals surface area contributed by atoms with Crippen LogP contribution in [0.15, 0.2) is 36.4 Å². The van der Waals surface area contributed by atoms with Crippen molar-refractivity contribution in [2.75, 3.05) is 0 Å². The maximum atomic E-state index is 10.2. The summed E-state index contributed by atoms with van der Waals surface area (Å²) < 4.78 is 0. The standard InChI is InChI=1S/C25H28O3/c1-13-7-19(8-14(2)23(13)26)22(20-9-15(3)24(27)16(4)10-20)21-11-17(5)25(28)18(6)12-21/h7-12,22,26-28H,1-6H3. The predicted octanol–water partition coefficient (Wildman–Crippen LogP) is 5.83. The van der Waals surface area contributed by atoms with E-state index in [1.807, 2.05) is 77.9 Å². The molecule has 0 unspecified atom stereocenters. The lowest BCUT2D eigenvalue weighted by molar-refractivity contribution is 0.466. The third-order valence-electron chi connectivity index (χ3n) is 5.54. The van der Waals surface area contributed by atoms with Crippen LogP contribution in [0.4, 0.5) is 0 Å². The molecule has 3 heteroatoms. The van der Waals surface area contributed by atoms with Gasteiger partial charge in [0.25, 0.3) is 0 Å². The quantitative estimate of drug-likeness (QED) is 0.504. The number of aromatic hydroxyl groups is 3. The summed E-state index contributed by atoms with van der Waals surface area (Å²) in [7, 11) is 0. The molecule has 0 heterocycles. The molecule has 28 heavy (non-hydrogen) atoms. The molecule has 0 bridgehead atoms. The Morgan fingerprint density at radius 3 is 0.786 bits per heavy atom. The summed E-state index contributed by atoms with van der Waals surface area (Å²) in [5.74, 6) is 0.880. The van der Waals surface area contributed by atoms with Crippen molar-refractivity contribution in [2.24, 2.45) is 0 Å². The average Bonchev–Trinajstić information content (AvgIpc) is 2.62. The van der Waals surface area contributed by atoms with Gasteiger partial charge in [-0.15, -0.1) is 0 Å². The molecule has 0 radical (unpaired) electrons. The molecule has 3 rings (SSSR count). The molecular formula is C25H28O3. The first-order valence-corrected chi connectivity index (χ1v) is 9.50.